The van der Waals surface area contributed by atoms with Crippen LogP contribution >= 0.6 is 0 Å². The van der Waals surface area contributed by atoms with E-state index in [1.54, 1.807) is 0 Å². The number of H-pyrrole nitrogens is 1. The summed E-state index contributed by atoms with van der Waals surface area (Å²) in [6.07, 6.45) is 3.02. The highest BCUT2D eigenvalue weighted by atomic mass is 16.5. The number of hydrogen-bond donors (Lipinski definition) is 1. The average molecular weight is 297 g/mol. The third-order valence-electron chi connectivity index (χ3n) is 4.53. The van der Waals surface area contributed by atoms with Gasteiger partial charge in [0.15, 0.2) is 5.69 Å². The molecule has 1 amide bonds. The predicted molar refractivity (Wildman–Crippen MR) is 81.7 cm³/mol. The smallest absolute Gasteiger partial charge is 0.274 e. The lowest BCUT2D eigenvalue weighted by molar-refractivity contribution is -0.0230. The Morgan fingerprint density at radius 3 is 3.00 bits per heavy atom. The van der Waals surface area contributed by atoms with E-state index >= 15 is 0 Å². The molecular formula is C17H19N3O2. The van der Waals surface area contributed by atoms with Gasteiger partial charge in [-0.2, -0.15) is 5.10 Å². The Morgan fingerprint density at radius 1 is 1.27 bits per heavy atom. The maximum Gasteiger partial charge on any atom is 0.274 e. The largest absolute Gasteiger partial charge is 0.370 e. The van der Waals surface area contributed by atoms with Crippen LogP contribution in [0.25, 0.3) is 0 Å². The molecule has 1 aliphatic heterocycles. The van der Waals surface area contributed by atoms with E-state index in [4.69, 9.17) is 4.74 Å². The number of benzene rings is 1. The minimum atomic E-state index is -0.0501. The molecule has 1 aliphatic carbocycles. The standard InChI is InChI=1S/C17H19N3O2/c21-17(16-13-7-4-8-14(13)18-19-16)20-9-10-22-15(11-20)12-5-2-1-3-6-12/h1-3,5-6,15H,4,7-11H2,(H,18,19)/t15-/m0/s1. The zero-order valence-corrected chi connectivity index (χ0v) is 12.4. The van der Waals surface area contributed by atoms with Crippen LogP contribution in [0.5, 0.6) is 0 Å². The number of amides is 1. The number of aromatic nitrogens is 2. The molecular weight excluding hydrogens is 278 g/mol. The summed E-state index contributed by atoms with van der Waals surface area (Å²) in [5.41, 5.74) is 3.98. The number of hydrogen-bond acceptors (Lipinski definition) is 3. The molecule has 5 nitrogen and oxygen atoms in total. The number of aryl methyl sites for hydroxylation is 1. The van der Waals surface area contributed by atoms with Gasteiger partial charge < -0.3 is 9.64 Å². The van der Waals surface area contributed by atoms with Gasteiger partial charge in [-0.3, -0.25) is 9.89 Å². The molecule has 1 N–H and O–H groups in total. The van der Waals surface area contributed by atoms with Gasteiger partial charge in [-0.1, -0.05) is 30.3 Å². The highest BCUT2D eigenvalue weighted by molar-refractivity contribution is 5.94. The number of nitrogens with one attached hydrogen (secondary N) is 1. The van der Waals surface area contributed by atoms with E-state index in [2.05, 4.69) is 10.2 Å². The molecule has 0 unspecified atom stereocenters. The van der Waals surface area contributed by atoms with E-state index in [1.165, 1.54) is 0 Å². The number of fused-ring (bicyclic) bond motifs is 1. The number of nitrogens with zero attached hydrogens (tertiary/aromatic N) is 2. The number of carbonyl (C=O) groups is 1. The fraction of sp³-hybridized carbons (Fsp3) is 0.412. The fourth-order valence-electron chi connectivity index (χ4n) is 3.35. The molecule has 1 aromatic heterocycles. The molecule has 114 valence electrons. The van der Waals surface area contributed by atoms with E-state index in [-0.39, 0.29) is 12.0 Å². The van der Waals surface area contributed by atoms with Gasteiger partial charge in [0.25, 0.3) is 5.91 Å². The second kappa shape index (κ2) is 5.57. The van der Waals surface area contributed by atoms with Gasteiger partial charge in [0.05, 0.1) is 13.2 Å². The SMILES string of the molecule is O=C(c1n[nH]c2c1CCC2)N1CCO[C@H](c2ccccc2)C1. The number of morpholine rings is 1. The average Bonchev–Trinajstić information content (AvgIpc) is 3.18. The van der Waals surface area contributed by atoms with Crippen LogP contribution in [0, 0.1) is 0 Å². The van der Waals surface area contributed by atoms with Gasteiger partial charge >= 0.3 is 0 Å². The lowest BCUT2D eigenvalue weighted by Crippen LogP contribution is -2.42. The zero-order chi connectivity index (χ0) is 14.9. The summed E-state index contributed by atoms with van der Waals surface area (Å²) in [7, 11) is 0. The van der Waals surface area contributed by atoms with Crippen molar-refractivity contribution in [2.24, 2.45) is 0 Å². The molecule has 2 heterocycles. The molecule has 5 heteroatoms. The number of carbonyl (C=O) groups excluding carboxylic acids is 1. The van der Waals surface area contributed by atoms with E-state index in [0.717, 1.165) is 36.1 Å². The van der Waals surface area contributed by atoms with E-state index in [9.17, 15) is 4.79 Å². The van der Waals surface area contributed by atoms with Crippen LogP contribution in [0.1, 0.15) is 39.8 Å². The van der Waals surface area contributed by atoms with Crippen molar-refractivity contribution in [1.82, 2.24) is 15.1 Å². The van der Waals surface area contributed by atoms with Crippen LogP contribution in [0.4, 0.5) is 0 Å². The maximum absolute atomic E-state index is 12.8. The summed E-state index contributed by atoms with van der Waals surface area (Å²) in [6.45, 7) is 1.78. The zero-order valence-electron chi connectivity index (χ0n) is 12.4. The topological polar surface area (TPSA) is 58.2 Å². The molecule has 2 aliphatic rings. The molecule has 1 aromatic carbocycles. The quantitative estimate of drug-likeness (QED) is 0.923. The van der Waals surface area contributed by atoms with Crippen molar-refractivity contribution >= 4 is 5.91 Å². The third kappa shape index (κ3) is 2.31. The van der Waals surface area contributed by atoms with Crippen LogP contribution in [0.2, 0.25) is 0 Å². The van der Waals surface area contributed by atoms with Gasteiger partial charge in [-0.05, 0) is 24.8 Å². The molecule has 4 rings (SSSR count). The molecule has 0 bridgehead atoms. The Morgan fingerprint density at radius 2 is 2.14 bits per heavy atom. The fourth-order valence-corrected chi connectivity index (χ4v) is 3.35. The first-order chi connectivity index (χ1) is 10.8. The van der Waals surface area contributed by atoms with Crippen molar-refractivity contribution in [3.05, 3.63) is 52.8 Å². The summed E-state index contributed by atoms with van der Waals surface area (Å²) >= 11 is 0. The summed E-state index contributed by atoms with van der Waals surface area (Å²) in [4.78, 5) is 14.7. The molecule has 22 heavy (non-hydrogen) atoms. The van der Waals surface area contributed by atoms with Crippen LogP contribution in [0.15, 0.2) is 30.3 Å². The van der Waals surface area contributed by atoms with Crippen molar-refractivity contribution in [1.29, 1.82) is 0 Å². The minimum absolute atomic E-state index is 0.0311. The van der Waals surface area contributed by atoms with Gasteiger partial charge in [0.2, 0.25) is 0 Å². The van der Waals surface area contributed by atoms with Crippen molar-refractivity contribution in [3.63, 3.8) is 0 Å². The first-order valence-electron chi connectivity index (χ1n) is 7.85. The lowest BCUT2D eigenvalue weighted by Gasteiger charge is -2.33. The Hall–Kier alpha value is -2.14. The van der Waals surface area contributed by atoms with Crippen LogP contribution in [-0.4, -0.2) is 40.7 Å². The summed E-state index contributed by atoms with van der Waals surface area (Å²) < 4.78 is 5.83. The second-order valence-electron chi connectivity index (χ2n) is 5.90. The van der Waals surface area contributed by atoms with E-state index in [1.807, 2.05) is 35.2 Å². The number of aromatic amines is 1. The van der Waals surface area contributed by atoms with Gasteiger partial charge in [-0.15, -0.1) is 0 Å². The van der Waals surface area contributed by atoms with Crippen molar-refractivity contribution in [2.75, 3.05) is 19.7 Å². The Labute approximate surface area is 129 Å². The highest BCUT2D eigenvalue weighted by Gasteiger charge is 2.30. The number of rotatable bonds is 2. The van der Waals surface area contributed by atoms with Gasteiger partial charge in [0, 0.05) is 17.8 Å². The van der Waals surface area contributed by atoms with E-state index < -0.39 is 0 Å². The Bertz CT molecular complexity index is 680. The summed E-state index contributed by atoms with van der Waals surface area (Å²) in [5, 5.41) is 7.27. The normalized spacial score (nSPS) is 20.9. The predicted octanol–water partition coefficient (Wildman–Crippen LogP) is 2.11. The molecule has 0 saturated carbocycles. The van der Waals surface area contributed by atoms with Crippen LogP contribution < -0.4 is 0 Å². The third-order valence-corrected chi connectivity index (χ3v) is 4.53. The van der Waals surface area contributed by atoms with Crippen molar-refractivity contribution in [3.8, 4) is 0 Å². The molecule has 1 saturated heterocycles. The first kappa shape index (κ1) is 13.5. The molecule has 1 fully saturated rings. The van der Waals surface area contributed by atoms with Crippen molar-refractivity contribution < 1.29 is 9.53 Å². The maximum atomic E-state index is 12.8. The van der Waals surface area contributed by atoms with Crippen LogP contribution in [0.3, 0.4) is 0 Å². The Balaban J connectivity index is 1.53. The highest BCUT2D eigenvalue weighted by Crippen LogP contribution is 2.26. The minimum Gasteiger partial charge on any atom is -0.370 e. The van der Waals surface area contributed by atoms with Crippen LogP contribution in [-0.2, 0) is 17.6 Å². The molecule has 0 radical (unpaired) electrons. The first-order valence-corrected chi connectivity index (χ1v) is 7.85. The summed E-state index contributed by atoms with van der Waals surface area (Å²) in [6, 6.07) is 10.1. The van der Waals surface area contributed by atoms with Gasteiger partial charge in [0.1, 0.15) is 6.10 Å². The van der Waals surface area contributed by atoms with Crippen molar-refractivity contribution in [2.45, 2.75) is 25.4 Å². The van der Waals surface area contributed by atoms with E-state index in [0.29, 0.717) is 25.4 Å². The molecule has 1 atom stereocenters. The molecule has 2 aromatic rings. The number of ether oxygens (including phenoxy) is 1. The second-order valence-corrected chi connectivity index (χ2v) is 5.90. The lowest BCUT2D eigenvalue weighted by atomic mass is 10.1. The Kier molecular flexibility index (Phi) is 3.42. The van der Waals surface area contributed by atoms with Gasteiger partial charge in [-0.25, -0.2) is 0 Å². The monoisotopic (exact) mass is 297 g/mol. The summed E-state index contributed by atoms with van der Waals surface area (Å²) in [5.74, 6) is 0.0311. The molecule has 0 spiro atoms.